The fraction of sp³-hybridized carbons (Fsp3) is 0.0909. The van der Waals surface area contributed by atoms with E-state index in [0.29, 0.717) is 17.0 Å². The number of halogens is 4. The number of anilines is 1. The van der Waals surface area contributed by atoms with Crippen molar-refractivity contribution in [3.05, 3.63) is 82.4 Å². The third-order valence-electron chi connectivity index (χ3n) is 4.98. The molecule has 2 N–H and O–H groups in total. The minimum Gasteiger partial charge on any atom is -0.304 e. The first-order valence-electron chi connectivity index (χ1n) is 8.96. The second-order valence-electron chi connectivity index (χ2n) is 6.93. The molecule has 8 heteroatoms. The summed E-state index contributed by atoms with van der Waals surface area (Å²) in [6.45, 7) is 4.04. The molecule has 0 saturated heterocycles. The summed E-state index contributed by atoms with van der Waals surface area (Å²) < 4.78 is 53.8. The highest BCUT2D eigenvalue weighted by Gasteiger charge is 2.24. The molecule has 1 heterocycles. The maximum absolute atomic E-state index is 13.9. The third kappa shape index (κ3) is 3.30. The van der Waals surface area contributed by atoms with Crippen molar-refractivity contribution in [3.63, 3.8) is 0 Å². The van der Waals surface area contributed by atoms with Crippen molar-refractivity contribution in [2.75, 3.05) is 5.32 Å². The van der Waals surface area contributed by atoms with Gasteiger partial charge < -0.3 is 5.32 Å². The molecular formula is C22H15F4N3O. The molecule has 4 rings (SSSR count). The Bertz CT molecular complexity index is 1310. The van der Waals surface area contributed by atoms with Gasteiger partial charge in [0.2, 0.25) is 0 Å². The van der Waals surface area contributed by atoms with Crippen LogP contribution in [-0.4, -0.2) is 16.1 Å². The van der Waals surface area contributed by atoms with Gasteiger partial charge in [0, 0.05) is 5.39 Å². The summed E-state index contributed by atoms with van der Waals surface area (Å²) in [6.07, 6.45) is 0. The Balaban J connectivity index is 1.66. The Morgan fingerprint density at radius 1 is 0.867 bits per heavy atom. The zero-order valence-electron chi connectivity index (χ0n) is 15.9. The number of carbonyl (C=O) groups is 1. The first-order chi connectivity index (χ1) is 14.3. The quantitative estimate of drug-likeness (QED) is 0.259. The molecule has 0 aliphatic carbocycles. The molecule has 4 nitrogen and oxygen atoms in total. The largest absolute Gasteiger partial charge is 0.304 e. The van der Waals surface area contributed by atoms with Crippen molar-refractivity contribution in [2.45, 2.75) is 13.8 Å². The molecule has 0 bridgehead atoms. The van der Waals surface area contributed by atoms with Gasteiger partial charge in [0.25, 0.3) is 5.91 Å². The molecule has 0 aliphatic heterocycles. The zero-order valence-corrected chi connectivity index (χ0v) is 15.9. The van der Waals surface area contributed by atoms with Crippen molar-refractivity contribution in [2.24, 2.45) is 0 Å². The number of fused-ring (bicyclic) bond motifs is 1. The number of hydrogen-bond donors (Lipinski definition) is 2. The molecule has 30 heavy (non-hydrogen) atoms. The van der Waals surface area contributed by atoms with Gasteiger partial charge in [0.05, 0.1) is 11.1 Å². The van der Waals surface area contributed by atoms with E-state index in [0.717, 1.165) is 16.7 Å². The molecule has 152 valence electrons. The smallest absolute Gasteiger partial charge is 0.260 e. The summed E-state index contributed by atoms with van der Waals surface area (Å²) in [6, 6.07) is 11.7. The summed E-state index contributed by atoms with van der Waals surface area (Å²) >= 11 is 0. The Kier molecular flexibility index (Phi) is 4.77. The molecule has 1 aromatic heterocycles. The van der Waals surface area contributed by atoms with Crippen LogP contribution in [0.1, 0.15) is 21.5 Å². The molecular weight excluding hydrogens is 398 g/mol. The van der Waals surface area contributed by atoms with Gasteiger partial charge >= 0.3 is 0 Å². The fourth-order valence-corrected chi connectivity index (χ4v) is 3.13. The lowest BCUT2D eigenvalue weighted by atomic mass is 10.00. The van der Waals surface area contributed by atoms with Crippen molar-refractivity contribution in [1.29, 1.82) is 0 Å². The van der Waals surface area contributed by atoms with Gasteiger partial charge in [-0.3, -0.25) is 9.89 Å². The fourth-order valence-electron chi connectivity index (χ4n) is 3.13. The third-order valence-corrected chi connectivity index (χ3v) is 4.98. The van der Waals surface area contributed by atoms with E-state index in [2.05, 4.69) is 21.6 Å². The van der Waals surface area contributed by atoms with Crippen LogP contribution < -0.4 is 5.32 Å². The summed E-state index contributed by atoms with van der Waals surface area (Å²) in [5, 5.41) is 9.55. The van der Waals surface area contributed by atoms with E-state index in [-0.39, 0.29) is 5.82 Å². The number of aromatic nitrogens is 2. The van der Waals surface area contributed by atoms with E-state index < -0.39 is 34.7 Å². The van der Waals surface area contributed by atoms with Gasteiger partial charge in [0.1, 0.15) is 0 Å². The maximum atomic E-state index is 13.9. The lowest BCUT2D eigenvalue weighted by Crippen LogP contribution is -2.16. The highest BCUT2D eigenvalue weighted by molar-refractivity contribution is 6.08. The van der Waals surface area contributed by atoms with Gasteiger partial charge in [-0.05, 0) is 54.3 Å². The molecule has 0 aliphatic rings. The van der Waals surface area contributed by atoms with Crippen molar-refractivity contribution in [1.82, 2.24) is 10.2 Å². The van der Waals surface area contributed by atoms with Gasteiger partial charge in [0.15, 0.2) is 29.1 Å². The minimum absolute atomic E-state index is 0.0474. The Hall–Kier alpha value is -3.68. The number of H-pyrrole nitrogens is 1. The van der Waals surface area contributed by atoms with E-state index in [1.54, 1.807) is 6.07 Å². The average Bonchev–Trinajstić information content (AvgIpc) is 3.13. The normalized spacial score (nSPS) is 11.1. The van der Waals surface area contributed by atoms with Crippen LogP contribution in [0.4, 0.5) is 23.4 Å². The Labute approximate surface area is 168 Å². The van der Waals surface area contributed by atoms with Gasteiger partial charge in [-0.15, -0.1) is 0 Å². The van der Waals surface area contributed by atoms with E-state index in [1.807, 2.05) is 38.1 Å². The monoisotopic (exact) mass is 413 g/mol. The van der Waals surface area contributed by atoms with Gasteiger partial charge in [-0.25, -0.2) is 17.6 Å². The van der Waals surface area contributed by atoms with Crippen LogP contribution in [-0.2, 0) is 0 Å². The molecule has 0 radical (unpaired) electrons. The number of hydrogen-bond acceptors (Lipinski definition) is 2. The number of rotatable bonds is 3. The van der Waals surface area contributed by atoms with Crippen LogP contribution in [0.15, 0.2) is 42.5 Å². The van der Waals surface area contributed by atoms with Crippen LogP contribution in [0.25, 0.3) is 22.0 Å². The Morgan fingerprint density at radius 2 is 1.57 bits per heavy atom. The topological polar surface area (TPSA) is 57.8 Å². The number of aryl methyl sites for hydroxylation is 2. The van der Waals surface area contributed by atoms with Gasteiger partial charge in [-0.1, -0.05) is 24.3 Å². The molecule has 0 atom stereocenters. The minimum atomic E-state index is -2.05. The predicted octanol–water partition coefficient (Wildman–Crippen LogP) is 5.66. The first kappa shape index (κ1) is 19.6. The van der Waals surface area contributed by atoms with Crippen LogP contribution >= 0.6 is 0 Å². The van der Waals surface area contributed by atoms with E-state index >= 15 is 0 Å². The lowest BCUT2D eigenvalue weighted by molar-refractivity contribution is 0.102. The standard InChI is InChI=1S/C22H15F4N3O/c1-10-3-4-12(7-11(10)2)13-5-6-14-17(8-13)28-29-21(14)27-22(30)15-9-16(23)19(25)20(26)18(15)24/h3-9H,1-2H3,(H2,27,28,29,30). The number of aromatic amines is 1. The molecule has 0 unspecified atom stereocenters. The Morgan fingerprint density at radius 3 is 2.30 bits per heavy atom. The predicted molar refractivity (Wildman–Crippen MR) is 105 cm³/mol. The summed E-state index contributed by atoms with van der Waals surface area (Å²) in [5.74, 6) is -8.58. The van der Waals surface area contributed by atoms with Gasteiger partial charge in [-0.2, -0.15) is 5.10 Å². The lowest BCUT2D eigenvalue weighted by Gasteiger charge is -2.07. The number of carbonyl (C=O) groups excluding carboxylic acids is 1. The van der Waals surface area contributed by atoms with Crippen molar-refractivity contribution >= 4 is 22.6 Å². The molecule has 0 fully saturated rings. The van der Waals surface area contributed by atoms with Crippen molar-refractivity contribution < 1.29 is 22.4 Å². The average molecular weight is 413 g/mol. The second-order valence-corrected chi connectivity index (χ2v) is 6.93. The summed E-state index contributed by atoms with van der Waals surface area (Å²) in [5.41, 5.74) is 3.87. The highest BCUT2D eigenvalue weighted by Crippen LogP contribution is 2.29. The molecule has 0 saturated carbocycles. The number of benzene rings is 3. The van der Waals surface area contributed by atoms with Crippen molar-refractivity contribution in [3.8, 4) is 11.1 Å². The zero-order chi connectivity index (χ0) is 21.6. The maximum Gasteiger partial charge on any atom is 0.260 e. The number of amides is 1. The van der Waals surface area contributed by atoms with Crippen LogP contribution in [0.5, 0.6) is 0 Å². The number of nitrogens with one attached hydrogen (secondary N) is 2. The molecule has 3 aromatic carbocycles. The SMILES string of the molecule is Cc1ccc(-c2ccc3c(NC(=O)c4cc(F)c(F)c(F)c4F)n[nH]c3c2)cc1C. The summed E-state index contributed by atoms with van der Waals surface area (Å²) in [4.78, 5) is 12.3. The van der Waals surface area contributed by atoms with Crippen LogP contribution in [0, 0.1) is 37.1 Å². The van der Waals surface area contributed by atoms with E-state index in [1.165, 1.54) is 5.56 Å². The van der Waals surface area contributed by atoms with E-state index in [9.17, 15) is 22.4 Å². The van der Waals surface area contributed by atoms with Crippen LogP contribution in [0.3, 0.4) is 0 Å². The second kappa shape index (κ2) is 7.29. The summed E-state index contributed by atoms with van der Waals surface area (Å²) in [7, 11) is 0. The molecule has 1 amide bonds. The highest BCUT2D eigenvalue weighted by atomic mass is 19.2. The van der Waals surface area contributed by atoms with E-state index in [4.69, 9.17) is 0 Å². The molecule has 0 spiro atoms. The molecule has 4 aromatic rings. The number of nitrogens with zero attached hydrogens (tertiary/aromatic N) is 1. The van der Waals surface area contributed by atoms with Crippen LogP contribution in [0.2, 0.25) is 0 Å². The first-order valence-corrected chi connectivity index (χ1v) is 8.96.